The topological polar surface area (TPSA) is 203 Å². The van der Waals surface area contributed by atoms with Crippen molar-refractivity contribution in [2.45, 2.75) is 18.8 Å². The van der Waals surface area contributed by atoms with Gasteiger partial charge >= 0.3 is 11.9 Å². The highest BCUT2D eigenvalue weighted by atomic mass is 19.1. The van der Waals surface area contributed by atoms with Gasteiger partial charge in [0.25, 0.3) is 11.3 Å². The van der Waals surface area contributed by atoms with Gasteiger partial charge in [-0.2, -0.15) is 4.98 Å². The van der Waals surface area contributed by atoms with Crippen molar-refractivity contribution in [3.05, 3.63) is 105 Å². The fraction of sp³-hybridized carbons (Fsp3) is 0.154. The summed E-state index contributed by atoms with van der Waals surface area (Å²) in [7, 11) is 0. The van der Waals surface area contributed by atoms with E-state index in [2.05, 4.69) is 30.3 Å². The number of aromatic nitrogens is 4. The van der Waals surface area contributed by atoms with Crippen molar-refractivity contribution in [2.24, 2.45) is 5.11 Å². The number of esters is 2. The number of nitrogens with one attached hydrogen (secondary N) is 2. The average molecular weight is 574 g/mol. The number of nitrogens with zero attached hydrogens (tertiary/aromatic N) is 6. The van der Waals surface area contributed by atoms with Gasteiger partial charge in [-0.25, -0.2) is 23.5 Å². The zero-order valence-electron chi connectivity index (χ0n) is 21.6. The number of rotatable bonds is 8. The van der Waals surface area contributed by atoms with Crippen LogP contribution in [0.2, 0.25) is 0 Å². The summed E-state index contributed by atoms with van der Waals surface area (Å²) in [5, 5.41) is 5.76. The lowest BCUT2D eigenvalue weighted by molar-refractivity contribution is -0.114. The summed E-state index contributed by atoms with van der Waals surface area (Å²) < 4.78 is 33.7. The molecule has 0 spiro atoms. The van der Waals surface area contributed by atoms with Crippen LogP contribution in [0.15, 0.2) is 82.7 Å². The Kier molecular flexibility index (Phi) is 7.36. The van der Waals surface area contributed by atoms with Crippen molar-refractivity contribution in [3.63, 3.8) is 0 Å². The number of carbonyl (C=O) groups excluding carboxylic acids is 3. The third-order valence-corrected chi connectivity index (χ3v) is 5.88. The van der Waals surface area contributed by atoms with E-state index in [0.29, 0.717) is 0 Å². The third kappa shape index (κ3) is 5.24. The molecule has 2 N–H and O–H groups in total. The molecular formula is C26H19FN8O7. The predicted molar refractivity (Wildman–Crippen MR) is 142 cm³/mol. The van der Waals surface area contributed by atoms with E-state index in [-0.39, 0.29) is 28.2 Å². The molecule has 0 unspecified atom stereocenters. The van der Waals surface area contributed by atoms with Crippen LogP contribution in [0.25, 0.3) is 27.5 Å². The first-order chi connectivity index (χ1) is 20.2. The molecule has 1 aliphatic rings. The number of H-pyrrole nitrogens is 1. The van der Waals surface area contributed by atoms with Gasteiger partial charge in [-0.15, -0.1) is 0 Å². The van der Waals surface area contributed by atoms with Crippen molar-refractivity contribution in [1.82, 2.24) is 19.5 Å². The second-order valence-electron chi connectivity index (χ2n) is 8.75. The molecule has 3 heterocycles. The van der Waals surface area contributed by atoms with Crippen LogP contribution >= 0.6 is 0 Å². The fourth-order valence-electron chi connectivity index (χ4n) is 3.97. The third-order valence-electron chi connectivity index (χ3n) is 5.88. The number of amides is 1. The molecule has 0 saturated heterocycles. The molecule has 2 atom stereocenters. The molecule has 0 radical (unpaired) electrons. The summed E-state index contributed by atoms with van der Waals surface area (Å²) in [5.41, 5.74) is 5.65. The summed E-state index contributed by atoms with van der Waals surface area (Å²) in [6, 6.07) is 15.3. The van der Waals surface area contributed by atoms with Gasteiger partial charge in [-0.05, 0) is 34.9 Å². The molecule has 1 aliphatic heterocycles. The van der Waals surface area contributed by atoms with Crippen molar-refractivity contribution in [1.29, 1.82) is 0 Å². The second kappa shape index (κ2) is 11.2. The monoisotopic (exact) mass is 574 g/mol. The maximum absolute atomic E-state index is 16.3. The maximum atomic E-state index is 16.3. The highest BCUT2D eigenvalue weighted by Crippen LogP contribution is 2.42. The van der Waals surface area contributed by atoms with E-state index >= 15 is 4.39 Å². The minimum Gasteiger partial charge on any atom is -0.458 e. The lowest BCUT2D eigenvalue weighted by atomic mass is 10.1. The van der Waals surface area contributed by atoms with Crippen molar-refractivity contribution in [2.75, 3.05) is 11.9 Å². The molecule has 16 heteroatoms. The van der Waals surface area contributed by atoms with E-state index in [1.165, 1.54) is 31.2 Å². The minimum absolute atomic E-state index is 0.0475. The Morgan fingerprint density at radius 1 is 1.14 bits per heavy atom. The SMILES string of the molecule is CC(=O)Nc1nc2c(ncn2C2=C(OC(=O)c3ccccc3)[C@H](F)[C@](COC(=O)c3ccccc3)(N=[N+]=[N-])O2)c(=O)[nH]1. The van der Waals surface area contributed by atoms with E-state index in [1.807, 2.05) is 0 Å². The number of anilines is 1. The van der Waals surface area contributed by atoms with E-state index in [1.54, 1.807) is 36.4 Å². The first-order valence-electron chi connectivity index (χ1n) is 12.1. The molecule has 2 aromatic heterocycles. The van der Waals surface area contributed by atoms with Crippen molar-refractivity contribution in [3.8, 4) is 0 Å². The van der Waals surface area contributed by atoms with E-state index in [9.17, 15) is 24.7 Å². The molecule has 0 fully saturated rings. The number of alkyl halides is 1. The first kappa shape index (κ1) is 27.5. The number of hydrogen-bond donors (Lipinski definition) is 2. The van der Waals surface area contributed by atoms with E-state index < -0.39 is 53.6 Å². The molecule has 4 aromatic rings. The summed E-state index contributed by atoms with van der Waals surface area (Å²) >= 11 is 0. The fourth-order valence-corrected chi connectivity index (χ4v) is 3.97. The summed E-state index contributed by atoms with van der Waals surface area (Å²) in [6.45, 7) is 0.240. The molecule has 42 heavy (non-hydrogen) atoms. The molecule has 0 aliphatic carbocycles. The van der Waals surface area contributed by atoms with Crippen molar-refractivity contribution >= 4 is 40.8 Å². The van der Waals surface area contributed by atoms with E-state index in [0.717, 1.165) is 10.9 Å². The highest BCUT2D eigenvalue weighted by molar-refractivity contribution is 5.91. The van der Waals surface area contributed by atoms with E-state index in [4.69, 9.17) is 14.2 Å². The molecule has 212 valence electrons. The number of fused-ring (bicyclic) bond motifs is 1. The quantitative estimate of drug-likeness (QED) is 0.137. The largest absolute Gasteiger partial charge is 0.458 e. The van der Waals surface area contributed by atoms with Crippen LogP contribution in [0, 0.1) is 0 Å². The van der Waals surface area contributed by atoms with Gasteiger partial charge in [0.05, 0.1) is 11.1 Å². The van der Waals surface area contributed by atoms with Crippen LogP contribution in [-0.4, -0.2) is 55.9 Å². The molecule has 0 saturated carbocycles. The van der Waals surface area contributed by atoms with Gasteiger partial charge in [0.1, 0.15) is 12.9 Å². The van der Waals surface area contributed by atoms with Crippen LogP contribution in [0.5, 0.6) is 0 Å². The van der Waals surface area contributed by atoms with Crippen LogP contribution < -0.4 is 10.9 Å². The van der Waals surface area contributed by atoms with Crippen LogP contribution in [0.3, 0.4) is 0 Å². The van der Waals surface area contributed by atoms with Gasteiger partial charge < -0.3 is 14.2 Å². The number of azide groups is 1. The van der Waals surface area contributed by atoms with Gasteiger partial charge in [-0.1, -0.05) is 36.4 Å². The van der Waals surface area contributed by atoms with Gasteiger partial charge in [0, 0.05) is 11.8 Å². The Balaban J connectivity index is 1.60. The summed E-state index contributed by atoms with van der Waals surface area (Å²) in [5.74, 6) is -4.06. The Labute approximate surface area is 234 Å². The normalized spacial score (nSPS) is 17.7. The van der Waals surface area contributed by atoms with Gasteiger partial charge in [0.2, 0.25) is 29.7 Å². The number of benzene rings is 2. The maximum Gasteiger partial charge on any atom is 0.343 e. The Morgan fingerprint density at radius 2 is 1.79 bits per heavy atom. The summed E-state index contributed by atoms with van der Waals surface area (Å²) in [4.78, 5) is 62.8. The zero-order chi connectivity index (χ0) is 29.9. The van der Waals surface area contributed by atoms with Gasteiger partial charge in [0.15, 0.2) is 11.2 Å². The molecular weight excluding hydrogens is 555 g/mol. The first-order valence-corrected chi connectivity index (χ1v) is 12.1. The molecule has 5 rings (SSSR count). The van der Waals surface area contributed by atoms with Crippen LogP contribution in [-0.2, 0) is 19.0 Å². The number of hydrogen-bond acceptors (Lipinski definition) is 10. The Bertz CT molecular complexity index is 1830. The molecule has 0 bridgehead atoms. The van der Waals surface area contributed by atoms with Crippen LogP contribution in [0.1, 0.15) is 27.6 Å². The van der Waals surface area contributed by atoms with Crippen LogP contribution in [0.4, 0.5) is 10.3 Å². The number of halogens is 1. The average Bonchev–Trinajstić information content (AvgIpc) is 3.52. The van der Waals surface area contributed by atoms with Crippen molar-refractivity contribution < 1.29 is 33.0 Å². The zero-order valence-corrected chi connectivity index (χ0v) is 21.6. The standard InChI is InChI=1S/C26H19FN8O7/c1-14(36)30-25-31-20-17(21(37)32-25)29-13-35(20)22-18(41-24(39)16-10-6-3-7-11-16)19(27)26(42-22,33-34-28)12-40-23(38)15-8-4-2-5-9-15/h2-11,13,19H,12H2,1H3,(H2,30,31,32,36,37)/t19-,26+/m0/s1. The summed E-state index contributed by atoms with van der Waals surface area (Å²) in [6.07, 6.45) is -1.49. The predicted octanol–water partition coefficient (Wildman–Crippen LogP) is 3.29. The number of ether oxygens (including phenoxy) is 3. The van der Waals surface area contributed by atoms with Gasteiger partial charge in [-0.3, -0.25) is 19.9 Å². The number of imidazole rings is 1. The number of carbonyl (C=O) groups is 3. The lowest BCUT2D eigenvalue weighted by Crippen LogP contribution is -2.42. The smallest absolute Gasteiger partial charge is 0.343 e. The molecule has 15 nitrogen and oxygen atoms in total. The molecule has 1 amide bonds. The molecule has 2 aromatic carbocycles. The Morgan fingerprint density at radius 3 is 2.40 bits per heavy atom. The second-order valence-corrected chi connectivity index (χ2v) is 8.75. The lowest BCUT2D eigenvalue weighted by Gasteiger charge is -2.25. The Hall–Kier alpha value is -6.02. The highest BCUT2D eigenvalue weighted by Gasteiger charge is 2.55. The number of aromatic amines is 1. The minimum atomic E-state index is -2.58.